The summed E-state index contributed by atoms with van der Waals surface area (Å²) < 4.78 is 13.1. The molecular weight excluding hydrogens is 387 g/mol. The van der Waals surface area contributed by atoms with Crippen molar-refractivity contribution in [2.75, 3.05) is 49.1 Å². The minimum Gasteiger partial charge on any atom is -0.368 e. The van der Waals surface area contributed by atoms with Gasteiger partial charge in [0, 0.05) is 56.6 Å². The Bertz CT molecular complexity index is 920. The Morgan fingerprint density at radius 3 is 2.17 bits per heavy atom. The molecule has 2 aliphatic heterocycles. The lowest BCUT2D eigenvalue weighted by atomic mass is 10.1. The Morgan fingerprint density at radius 1 is 0.867 bits per heavy atom. The maximum absolute atomic E-state index is 13.1. The smallest absolute Gasteiger partial charge is 0.293 e. The molecule has 0 unspecified atom stereocenters. The normalized spacial score (nSPS) is 17.2. The molecule has 7 nitrogen and oxygen atoms in total. The van der Waals surface area contributed by atoms with Crippen molar-refractivity contribution in [1.29, 1.82) is 0 Å². The molecule has 0 atom stereocenters. The zero-order chi connectivity index (χ0) is 21.1. The van der Waals surface area contributed by atoms with Crippen LogP contribution in [0.25, 0.3) is 0 Å². The summed E-state index contributed by atoms with van der Waals surface area (Å²) >= 11 is 0. The van der Waals surface area contributed by atoms with E-state index in [4.69, 9.17) is 0 Å². The zero-order valence-corrected chi connectivity index (χ0v) is 16.8. The van der Waals surface area contributed by atoms with E-state index in [9.17, 15) is 19.3 Å². The number of nitrogens with zero attached hydrogens (tertiary/aromatic N) is 4. The van der Waals surface area contributed by atoms with Crippen LogP contribution in [0.15, 0.2) is 42.5 Å². The van der Waals surface area contributed by atoms with Crippen LogP contribution in [0.1, 0.15) is 29.6 Å². The van der Waals surface area contributed by atoms with E-state index in [1.54, 1.807) is 29.2 Å². The minimum atomic E-state index is -0.396. The predicted octanol–water partition coefficient (Wildman–Crippen LogP) is 3.69. The van der Waals surface area contributed by atoms with E-state index in [1.807, 2.05) is 4.90 Å². The van der Waals surface area contributed by atoms with Crippen molar-refractivity contribution in [3.8, 4) is 0 Å². The third kappa shape index (κ3) is 4.22. The SMILES string of the molecule is O=C(c1ccc(N2CCCCC2)c([N+](=O)[O-])c1)N1CCN(c2ccc(F)cc2)CC1. The van der Waals surface area contributed by atoms with Crippen LogP contribution in [0.3, 0.4) is 0 Å². The lowest BCUT2D eigenvalue weighted by molar-refractivity contribution is -0.384. The maximum atomic E-state index is 13.1. The highest BCUT2D eigenvalue weighted by atomic mass is 19.1. The molecule has 2 aromatic rings. The lowest BCUT2D eigenvalue weighted by Gasteiger charge is -2.36. The molecule has 2 aromatic carbocycles. The number of carbonyl (C=O) groups excluding carboxylic acids is 1. The largest absolute Gasteiger partial charge is 0.368 e. The third-order valence-corrected chi connectivity index (χ3v) is 5.87. The Kier molecular flexibility index (Phi) is 5.83. The van der Waals surface area contributed by atoms with Gasteiger partial charge in [0.1, 0.15) is 11.5 Å². The quantitative estimate of drug-likeness (QED) is 0.566. The molecule has 0 saturated carbocycles. The van der Waals surface area contributed by atoms with Gasteiger partial charge in [-0.15, -0.1) is 0 Å². The highest BCUT2D eigenvalue weighted by Gasteiger charge is 2.26. The van der Waals surface area contributed by atoms with Crippen LogP contribution >= 0.6 is 0 Å². The molecular formula is C22H25FN4O3. The number of hydrogen-bond donors (Lipinski definition) is 0. The fourth-order valence-corrected chi connectivity index (χ4v) is 4.21. The van der Waals surface area contributed by atoms with Crippen molar-refractivity contribution in [2.45, 2.75) is 19.3 Å². The van der Waals surface area contributed by atoms with E-state index in [0.717, 1.165) is 38.0 Å². The topological polar surface area (TPSA) is 69.9 Å². The van der Waals surface area contributed by atoms with Crippen LogP contribution in [0.5, 0.6) is 0 Å². The highest BCUT2D eigenvalue weighted by Crippen LogP contribution is 2.32. The number of nitro benzene ring substituents is 1. The molecule has 158 valence electrons. The Balaban J connectivity index is 1.46. The van der Waals surface area contributed by atoms with Crippen molar-refractivity contribution in [2.24, 2.45) is 0 Å². The van der Waals surface area contributed by atoms with Crippen LogP contribution in [-0.4, -0.2) is 55.0 Å². The Labute approximate surface area is 174 Å². The molecule has 0 bridgehead atoms. The molecule has 2 aliphatic rings. The summed E-state index contributed by atoms with van der Waals surface area (Å²) in [7, 11) is 0. The summed E-state index contributed by atoms with van der Waals surface area (Å²) in [5, 5.41) is 11.7. The number of benzene rings is 2. The summed E-state index contributed by atoms with van der Waals surface area (Å²) in [4.78, 5) is 30.1. The fourth-order valence-electron chi connectivity index (χ4n) is 4.21. The Morgan fingerprint density at radius 2 is 1.53 bits per heavy atom. The molecule has 1 amide bonds. The second-order valence-electron chi connectivity index (χ2n) is 7.76. The van der Waals surface area contributed by atoms with Gasteiger partial charge in [0.15, 0.2) is 0 Å². The van der Waals surface area contributed by atoms with E-state index in [2.05, 4.69) is 4.90 Å². The molecule has 0 N–H and O–H groups in total. The molecule has 0 spiro atoms. The van der Waals surface area contributed by atoms with E-state index < -0.39 is 4.92 Å². The third-order valence-electron chi connectivity index (χ3n) is 5.87. The average molecular weight is 412 g/mol. The number of amides is 1. The number of halogens is 1. The summed E-state index contributed by atoms with van der Waals surface area (Å²) in [5.74, 6) is -0.468. The first kappa shape index (κ1) is 20.1. The number of piperidine rings is 1. The van der Waals surface area contributed by atoms with Gasteiger partial charge < -0.3 is 14.7 Å². The van der Waals surface area contributed by atoms with Crippen molar-refractivity contribution in [3.05, 3.63) is 64.0 Å². The summed E-state index contributed by atoms with van der Waals surface area (Å²) in [6.07, 6.45) is 3.19. The molecule has 30 heavy (non-hydrogen) atoms. The van der Waals surface area contributed by atoms with Crippen LogP contribution in [0.2, 0.25) is 0 Å². The van der Waals surface area contributed by atoms with Crippen LogP contribution in [0, 0.1) is 15.9 Å². The van der Waals surface area contributed by atoms with E-state index >= 15 is 0 Å². The summed E-state index contributed by atoms with van der Waals surface area (Å²) in [6.45, 7) is 3.89. The van der Waals surface area contributed by atoms with Crippen molar-refractivity contribution >= 4 is 23.0 Å². The number of rotatable bonds is 4. The van der Waals surface area contributed by atoms with Gasteiger partial charge >= 0.3 is 0 Å². The van der Waals surface area contributed by atoms with E-state index in [-0.39, 0.29) is 17.4 Å². The van der Waals surface area contributed by atoms with Crippen LogP contribution in [-0.2, 0) is 0 Å². The van der Waals surface area contributed by atoms with Crippen LogP contribution in [0.4, 0.5) is 21.5 Å². The second-order valence-corrected chi connectivity index (χ2v) is 7.76. The fraction of sp³-hybridized carbons (Fsp3) is 0.409. The van der Waals surface area contributed by atoms with Gasteiger partial charge in [0.05, 0.1) is 4.92 Å². The molecule has 2 heterocycles. The first-order valence-corrected chi connectivity index (χ1v) is 10.4. The van der Waals surface area contributed by atoms with Crippen LogP contribution < -0.4 is 9.80 Å². The van der Waals surface area contributed by atoms with Crippen molar-refractivity contribution < 1.29 is 14.1 Å². The second kappa shape index (κ2) is 8.69. The number of anilines is 2. The monoisotopic (exact) mass is 412 g/mol. The molecule has 0 aromatic heterocycles. The van der Waals surface area contributed by atoms with Gasteiger partial charge in [0.2, 0.25) is 0 Å². The molecule has 2 saturated heterocycles. The lowest BCUT2D eigenvalue weighted by Crippen LogP contribution is -2.48. The minimum absolute atomic E-state index is 0.00676. The molecule has 4 rings (SSSR count). The number of nitro groups is 1. The number of hydrogen-bond acceptors (Lipinski definition) is 5. The average Bonchev–Trinajstić information content (AvgIpc) is 2.79. The molecule has 0 radical (unpaired) electrons. The van der Waals surface area contributed by atoms with Gasteiger partial charge in [-0.3, -0.25) is 14.9 Å². The van der Waals surface area contributed by atoms with E-state index in [0.29, 0.717) is 37.4 Å². The number of piperazine rings is 1. The van der Waals surface area contributed by atoms with Gasteiger partial charge in [0.25, 0.3) is 11.6 Å². The Hall–Kier alpha value is -3.16. The molecule has 0 aliphatic carbocycles. The van der Waals surface area contributed by atoms with Gasteiger partial charge in [-0.25, -0.2) is 4.39 Å². The number of carbonyl (C=O) groups is 1. The summed E-state index contributed by atoms with van der Waals surface area (Å²) in [5.41, 5.74) is 1.85. The summed E-state index contributed by atoms with van der Waals surface area (Å²) in [6, 6.07) is 11.1. The van der Waals surface area contributed by atoms with Gasteiger partial charge in [-0.2, -0.15) is 0 Å². The van der Waals surface area contributed by atoms with Crippen molar-refractivity contribution in [1.82, 2.24) is 4.90 Å². The van der Waals surface area contributed by atoms with Gasteiger partial charge in [-0.05, 0) is 55.7 Å². The first-order chi connectivity index (χ1) is 14.5. The zero-order valence-electron chi connectivity index (χ0n) is 16.8. The molecule has 8 heteroatoms. The molecule has 2 fully saturated rings. The standard InChI is InChI=1S/C22H25FN4O3/c23-18-5-7-19(8-6-18)24-12-14-26(15-13-24)22(28)17-4-9-20(21(16-17)27(29)30)25-10-2-1-3-11-25/h4-9,16H,1-3,10-15H2. The van der Waals surface area contributed by atoms with Crippen molar-refractivity contribution in [3.63, 3.8) is 0 Å². The van der Waals surface area contributed by atoms with Gasteiger partial charge in [-0.1, -0.05) is 0 Å². The maximum Gasteiger partial charge on any atom is 0.293 e. The first-order valence-electron chi connectivity index (χ1n) is 10.4. The highest BCUT2D eigenvalue weighted by molar-refractivity contribution is 5.96. The van der Waals surface area contributed by atoms with E-state index in [1.165, 1.54) is 18.2 Å². The predicted molar refractivity (Wildman–Crippen MR) is 114 cm³/mol.